The van der Waals surface area contributed by atoms with Crippen molar-refractivity contribution < 1.29 is 29.7 Å². The van der Waals surface area contributed by atoms with E-state index in [1.54, 1.807) is 6.08 Å². The molecule has 0 aliphatic heterocycles. The number of aliphatic carboxylic acids is 2. The maximum Gasteiger partial charge on any atom is 0.328 e. The molecule has 0 aromatic rings. The Kier molecular flexibility index (Phi) is 3.80. The number of aliphatic hydroxyl groups excluding tert-OH is 1. The number of carbonyl (C=O) groups is 3. The van der Waals surface area contributed by atoms with Crippen molar-refractivity contribution in [3.63, 3.8) is 0 Å². The summed E-state index contributed by atoms with van der Waals surface area (Å²) in [5, 5.41) is 29.8. The summed E-state index contributed by atoms with van der Waals surface area (Å²) in [6.07, 6.45) is 2.96. The predicted octanol–water partition coefficient (Wildman–Crippen LogP) is -0.540. The maximum absolute atomic E-state index is 12.2. The fourth-order valence-electron chi connectivity index (χ4n) is 3.15. The van der Waals surface area contributed by atoms with Crippen molar-refractivity contribution in [2.24, 2.45) is 23.7 Å². The molecule has 6 atom stereocenters. The van der Waals surface area contributed by atoms with Crippen LogP contribution in [0.15, 0.2) is 12.2 Å². The van der Waals surface area contributed by atoms with Gasteiger partial charge >= 0.3 is 11.9 Å². The van der Waals surface area contributed by atoms with Gasteiger partial charge in [-0.05, 0) is 25.2 Å². The Hall–Kier alpha value is -1.89. The first-order chi connectivity index (χ1) is 9.32. The highest BCUT2D eigenvalue weighted by molar-refractivity contribution is 5.90. The number of hydrogen-bond donors (Lipinski definition) is 4. The number of aliphatic hydroxyl groups is 1. The van der Waals surface area contributed by atoms with Crippen LogP contribution in [0, 0.1) is 23.7 Å². The van der Waals surface area contributed by atoms with Gasteiger partial charge in [0.25, 0.3) is 0 Å². The number of carbonyl (C=O) groups excluding carboxylic acids is 1. The molecule has 7 nitrogen and oxygen atoms in total. The van der Waals surface area contributed by atoms with Gasteiger partial charge in [0, 0.05) is 0 Å². The van der Waals surface area contributed by atoms with Crippen LogP contribution in [-0.2, 0) is 14.4 Å². The highest BCUT2D eigenvalue weighted by Crippen LogP contribution is 2.48. The molecule has 7 heteroatoms. The first-order valence-electron chi connectivity index (χ1n) is 6.45. The van der Waals surface area contributed by atoms with Crippen LogP contribution in [0.5, 0.6) is 0 Å². The van der Waals surface area contributed by atoms with E-state index in [0.29, 0.717) is 6.42 Å². The molecule has 2 bridgehead atoms. The quantitative estimate of drug-likeness (QED) is 0.502. The van der Waals surface area contributed by atoms with Crippen molar-refractivity contribution in [3.8, 4) is 0 Å². The summed E-state index contributed by atoms with van der Waals surface area (Å²) in [6, 6.07) is -1.43. The summed E-state index contributed by atoms with van der Waals surface area (Å²) in [4.78, 5) is 34.4. The average molecular weight is 283 g/mol. The summed E-state index contributed by atoms with van der Waals surface area (Å²) >= 11 is 0. The Morgan fingerprint density at radius 3 is 2.15 bits per heavy atom. The van der Waals surface area contributed by atoms with Gasteiger partial charge in [0.1, 0.15) is 0 Å². The van der Waals surface area contributed by atoms with Crippen molar-refractivity contribution in [3.05, 3.63) is 12.2 Å². The molecule has 0 saturated heterocycles. The van der Waals surface area contributed by atoms with Crippen LogP contribution in [-0.4, -0.2) is 45.3 Å². The monoisotopic (exact) mass is 283 g/mol. The molecule has 0 heterocycles. The highest BCUT2D eigenvalue weighted by atomic mass is 16.4. The number of amides is 1. The highest BCUT2D eigenvalue weighted by Gasteiger charge is 2.52. The molecule has 4 N–H and O–H groups in total. The number of carboxylic acids is 2. The van der Waals surface area contributed by atoms with Crippen LogP contribution in [0.1, 0.15) is 13.3 Å². The van der Waals surface area contributed by atoms with Crippen LogP contribution in [0.4, 0.5) is 0 Å². The minimum Gasteiger partial charge on any atom is -0.481 e. The third kappa shape index (κ3) is 2.40. The summed E-state index contributed by atoms with van der Waals surface area (Å²) in [5.74, 6) is -4.98. The van der Waals surface area contributed by atoms with Crippen LogP contribution in [0.3, 0.4) is 0 Å². The topological polar surface area (TPSA) is 124 Å². The third-order valence-electron chi connectivity index (χ3n) is 4.09. The maximum atomic E-state index is 12.2. The lowest BCUT2D eigenvalue weighted by molar-refractivity contribution is -0.149. The summed E-state index contributed by atoms with van der Waals surface area (Å²) in [7, 11) is 0. The lowest BCUT2D eigenvalue weighted by atomic mass is 9.82. The lowest BCUT2D eigenvalue weighted by Gasteiger charge is -2.26. The second kappa shape index (κ2) is 5.24. The number of fused-ring (bicyclic) bond motifs is 2. The molecule has 2 rings (SSSR count). The lowest BCUT2D eigenvalue weighted by Crippen LogP contribution is -2.51. The molecule has 1 fully saturated rings. The minimum absolute atomic E-state index is 0.176. The average Bonchev–Trinajstić information content (AvgIpc) is 2.94. The van der Waals surface area contributed by atoms with E-state index in [2.05, 4.69) is 5.32 Å². The normalized spacial score (nSPS) is 33.7. The largest absolute Gasteiger partial charge is 0.481 e. The molecule has 1 saturated carbocycles. The van der Waals surface area contributed by atoms with E-state index in [1.165, 1.54) is 6.92 Å². The molecule has 1 amide bonds. The number of carboxylic acid groups (broad SMARTS) is 2. The second-order valence-corrected chi connectivity index (χ2v) is 5.40. The van der Waals surface area contributed by atoms with Crippen molar-refractivity contribution in [1.82, 2.24) is 5.32 Å². The van der Waals surface area contributed by atoms with Gasteiger partial charge in [-0.25, -0.2) is 4.79 Å². The Morgan fingerprint density at radius 1 is 1.15 bits per heavy atom. The second-order valence-electron chi connectivity index (χ2n) is 5.40. The summed E-state index contributed by atoms with van der Waals surface area (Å²) in [6.45, 7) is 1.26. The Bertz CT molecular complexity index is 471. The van der Waals surface area contributed by atoms with E-state index < -0.39 is 41.8 Å². The molecular weight excluding hydrogens is 266 g/mol. The fourth-order valence-corrected chi connectivity index (χ4v) is 3.15. The zero-order valence-electron chi connectivity index (χ0n) is 10.9. The molecule has 2 aliphatic rings. The van der Waals surface area contributed by atoms with E-state index in [4.69, 9.17) is 5.11 Å². The first-order valence-corrected chi connectivity index (χ1v) is 6.45. The van der Waals surface area contributed by atoms with Gasteiger partial charge < -0.3 is 20.6 Å². The molecule has 0 aromatic carbocycles. The SMILES string of the molecule is CC(O)C(NC(=O)C1C2C=CC(C2)C1C(=O)O)C(=O)O. The number of rotatable bonds is 5. The zero-order valence-corrected chi connectivity index (χ0v) is 10.9. The summed E-state index contributed by atoms with van der Waals surface area (Å²) in [5.41, 5.74) is 0. The predicted molar refractivity (Wildman–Crippen MR) is 66.6 cm³/mol. The van der Waals surface area contributed by atoms with E-state index in [-0.39, 0.29) is 11.8 Å². The Balaban J connectivity index is 2.14. The van der Waals surface area contributed by atoms with E-state index in [9.17, 15) is 24.6 Å². The molecule has 2 aliphatic carbocycles. The van der Waals surface area contributed by atoms with Crippen LogP contribution < -0.4 is 5.32 Å². The van der Waals surface area contributed by atoms with Crippen LogP contribution >= 0.6 is 0 Å². The molecule has 110 valence electrons. The van der Waals surface area contributed by atoms with Crippen molar-refractivity contribution in [2.45, 2.75) is 25.5 Å². The fraction of sp³-hybridized carbons (Fsp3) is 0.615. The molecule has 0 spiro atoms. The van der Waals surface area contributed by atoms with E-state index in [1.807, 2.05) is 6.08 Å². The molecule has 0 radical (unpaired) electrons. The minimum atomic E-state index is -1.43. The van der Waals surface area contributed by atoms with Crippen molar-refractivity contribution in [2.75, 3.05) is 0 Å². The Labute approximate surface area is 115 Å². The van der Waals surface area contributed by atoms with Gasteiger partial charge in [0.15, 0.2) is 6.04 Å². The molecule has 0 aromatic heterocycles. The first kappa shape index (κ1) is 14.5. The standard InChI is InChI=1S/C13H17NO6/c1-5(15)10(13(19)20)14-11(16)8-6-2-3-7(4-6)9(8)12(17)18/h2-3,5-10,15H,4H2,1H3,(H,14,16)(H,17,18)(H,19,20). The zero-order chi connectivity index (χ0) is 15.0. The smallest absolute Gasteiger partial charge is 0.328 e. The van der Waals surface area contributed by atoms with Gasteiger partial charge in [-0.1, -0.05) is 12.2 Å². The van der Waals surface area contributed by atoms with Gasteiger partial charge in [-0.3, -0.25) is 9.59 Å². The van der Waals surface area contributed by atoms with Crippen LogP contribution in [0.2, 0.25) is 0 Å². The third-order valence-corrected chi connectivity index (χ3v) is 4.09. The van der Waals surface area contributed by atoms with Crippen molar-refractivity contribution >= 4 is 17.8 Å². The van der Waals surface area contributed by atoms with E-state index >= 15 is 0 Å². The number of hydrogen-bond acceptors (Lipinski definition) is 4. The van der Waals surface area contributed by atoms with Crippen LogP contribution in [0.25, 0.3) is 0 Å². The van der Waals surface area contributed by atoms with Gasteiger partial charge in [-0.15, -0.1) is 0 Å². The van der Waals surface area contributed by atoms with E-state index in [0.717, 1.165) is 0 Å². The number of nitrogens with one attached hydrogen (secondary N) is 1. The Morgan fingerprint density at radius 2 is 1.70 bits per heavy atom. The number of allylic oxidation sites excluding steroid dienone is 2. The van der Waals surface area contributed by atoms with Gasteiger partial charge in [0.2, 0.25) is 5.91 Å². The van der Waals surface area contributed by atoms with Gasteiger partial charge in [-0.2, -0.15) is 0 Å². The van der Waals surface area contributed by atoms with Crippen molar-refractivity contribution in [1.29, 1.82) is 0 Å². The molecule has 20 heavy (non-hydrogen) atoms. The van der Waals surface area contributed by atoms with Gasteiger partial charge in [0.05, 0.1) is 17.9 Å². The molecular formula is C13H17NO6. The summed E-state index contributed by atoms with van der Waals surface area (Å²) < 4.78 is 0. The molecule has 6 unspecified atom stereocenters.